The Morgan fingerprint density at radius 1 is 1.16 bits per heavy atom. The first-order valence-corrected chi connectivity index (χ1v) is 10.6. The number of carbonyl (C=O) groups is 1. The summed E-state index contributed by atoms with van der Waals surface area (Å²) in [6.07, 6.45) is 1.69. The van der Waals surface area contributed by atoms with Crippen molar-refractivity contribution in [2.75, 3.05) is 18.2 Å². The molecule has 8 nitrogen and oxygen atoms in total. The van der Waals surface area contributed by atoms with Crippen molar-refractivity contribution in [3.63, 3.8) is 0 Å². The van der Waals surface area contributed by atoms with E-state index in [1.165, 1.54) is 0 Å². The molecular weight excluding hydrogens is 408 g/mol. The van der Waals surface area contributed by atoms with Crippen molar-refractivity contribution < 1.29 is 18.7 Å². The predicted octanol–water partition coefficient (Wildman–Crippen LogP) is 3.08. The Bertz CT molecular complexity index is 1290. The molecule has 8 heteroatoms. The van der Waals surface area contributed by atoms with Crippen LogP contribution in [0.2, 0.25) is 0 Å². The Morgan fingerprint density at radius 3 is 2.72 bits per heavy atom. The van der Waals surface area contributed by atoms with Crippen molar-refractivity contribution in [2.45, 2.75) is 31.7 Å². The molecule has 1 amide bonds. The predicted molar refractivity (Wildman–Crippen MR) is 117 cm³/mol. The van der Waals surface area contributed by atoms with E-state index in [1.807, 2.05) is 50.2 Å². The topological polar surface area (TPSA) is 103 Å². The zero-order chi connectivity index (χ0) is 22.0. The minimum absolute atomic E-state index is 0.0717. The van der Waals surface area contributed by atoms with E-state index in [0.29, 0.717) is 34.5 Å². The summed E-state index contributed by atoms with van der Waals surface area (Å²) in [5.41, 5.74) is 8.48. The average molecular weight is 430 g/mol. The summed E-state index contributed by atoms with van der Waals surface area (Å²) >= 11 is 0. The van der Waals surface area contributed by atoms with Crippen LogP contribution in [0.5, 0.6) is 11.5 Å². The van der Waals surface area contributed by atoms with Gasteiger partial charge in [0.05, 0.1) is 19.3 Å². The summed E-state index contributed by atoms with van der Waals surface area (Å²) in [7, 11) is 0. The number of aliphatic imine (C=N–C) groups is 1. The molecule has 0 radical (unpaired) electrons. The maximum Gasteiger partial charge on any atom is 0.244 e. The van der Waals surface area contributed by atoms with Crippen LogP contribution < -0.4 is 20.1 Å². The first kappa shape index (κ1) is 18.9. The second-order valence-electron chi connectivity index (χ2n) is 8.59. The fourth-order valence-electron chi connectivity index (χ4n) is 4.79. The number of aromatic nitrogens is 1. The highest BCUT2D eigenvalue weighted by atomic mass is 16.7. The number of amides is 1. The van der Waals surface area contributed by atoms with Crippen molar-refractivity contribution in [3.8, 4) is 11.5 Å². The molecule has 1 unspecified atom stereocenters. The monoisotopic (exact) mass is 430 g/mol. The van der Waals surface area contributed by atoms with Gasteiger partial charge in [-0.3, -0.25) is 9.79 Å². The zero-order valence-electron chi connectivity index (χ0n) is 17.8. The number of para-hydroxylation sites is 1. The molecule has 162 valence electrons. The molecular formula is C24H22N4O4. The number of ether oxygens (including phenoxy) is 2. The van der Waals surface area contributed by atoms with Gasteiger partial charge in [-0.2, -0.15) is 0 Å². The SMILES string of the molecule is CC(C)c1ncc(CN2C(=O)C3(CN=C(N)c4cc5c(cc43)OCO5)c3ccccc32)o1. The third-order valence-electron chi connectivity index (χ3n) is 6.38. The Morgan fingerprint density at radius 2 is 1.94 bits per heavy atom. The van der Waals surface area contributed by atoms with Crippen LogP contribution >= 0.6 is 0 Å². The Balaban J connectivity index is 1.50. The Kier molecular flexibility index (Phi) is 3.90. The van der Waals surface area contributed by atoms with Crippen LogP contribution in [0.15, 0.2) is 52.0 Å². The van der Waals surface area contributed by atoms with Crippen LogP contribution in [0.4, 0.5) is 5.69 Å². The summed E-state index contributed by atoms with van der Waals surface area (Å²) < 4.78 is 17.1. The lowest BCUT2D eigenvalue weighted by atomic mass is 9.71. The lowest BCUT2D eigenvalue weighted by molar-refractivity contribution is -0.121. The second-order valence-corrected chi connectivity index (χ2v) is 8.59. The number of hydrogen-bond donors (Lipinski definition) is 1. The first-order chi connectivity index (χ1) is 15.5. The van der Waals surface area contributed by atoms with Gasteiger partial charge in [-0.25, -0.2) is 4.98 Å². The van der Waals surface area contributed by atoms with E-state index in [2.05, 4.69) is 9.98 Å². The Hall–Kier alpha value is -3.81. The maximum atomic E-state index is 14.1. The normalized spacial score (nSPS) is 20.7. The number of hydrogen-bond acceptors (Lipinski definition) is 7. The number of fused-ring (bicyclic) bond motifs is 5. The molecule has 1 aromatic heterocycles. The summed E-state index contributed by atoms with van der Waals surface area (Å²) in [5.74, 6) is 3.00. The molecule has 0 fully saturated rings. The van der Waals surface area contributed by atoms with Crippen molar-refractivity contribution in [3.05, 3.63) is 70.9 Å². The van der Waals surface area contributed by atoms with Gasteiger partial charge < -0.3 is 24.5 Å². The number of amidine groups is 1. The number of rotatable bonds is 3. The summed E-state index contributed by atoms with van der Waals surface area (Å²) in [6, 6.07) is 11.5. The number of nitrogens with zero attached hydrogens (tertiary/aromatic N) is 3. The third-order valence-corrected chi connectivity index (χ3v) is 6.38. The van der Waals surface area contributed by atoms with Crippen LogP contribution in [0.3, 0.4) is 0 Å². The zero-order valence-corrected chi connectivity index (χ0v) is 17.8. The second kappa shape index (κ2) is 6.59. The fourth-order valence-corrected chi connectivity index (χ4v) is 4.79. The number of anilines is 1. The molecule has 32 heavy (non-hydrogen) atoms. The van der Waals surface area contributed by atoms with E-state index in [9.17, 15) is 4.79 Å². The van der Waals surface area contributed by atoms with Crippen LogP contribution in [-0.2, 0) is 16.8 Å². The standard InChI is InChI=1S/C24H22N4O4/c1-13(2)22-26-9-14(32-22)10-28-18-6-4-3-5-16(18)24(23(28)29)11-27-21(25)15-7-19-20(8-17(15)24)31-12-30-19/h3-9,13H,10-12H2,1-2H3,(H2,25,27). The molecule has 6 rings (SSSR count). The van der Waals surface area contributed by atoms with E-state index in [4.69, 9.17) is 19.6 Å². The largest absolute Gasteiger partial charge is 0.454 e. The van der Waals surface area contributed by atoms with Gasteiger partial charge in [0.15, 0.2) is 17.4 Å². The highest BCUT2D eigenvalue weighted by molar-refractivity contribution is 6.14. The van der Waals surface area contributed by atoms with Gasteiger partial charge in [-0.1, -0.05) is 32.0 Å². The minimum atomic E-state index is -0.989. The maximum absolute atomic E-state index is 14.1. The van der Waals surface area contributed by atoms with Gasteiger partial charge in [-0.05, 0) is 29.3 Å². The molecule has 3 aliphatic heterocycles. The van der Waals surface area contributed by atoms with E-state index in [1.54, 1.807) is 11.1 Å². The van der Waals surface area contributed by atoms with Gasteiger partial charge in [0.25, 0.3) is 0 Å². The van der Waals surface area contributed by atoms with Gasteiger partial charge in [0.2, 0.25) is 12.7 Å². The van der Waals surface area contributed by atoms with Crippen molar-refractivity contribution >= 4 is 17.4 Å². The Labute approximate surface area is 184 Å². The molecule has 1 spiro atoms. The molecule has 0 aliphatic carbocycles. The molecule has 3 aromatic rings. The smallest absolute Gasteiger partial charge is 0.244 e. The first-order valence-electron chi connectivity index (χ1n) is 10.6. The van der Waals surface area contributed by atoms with Gasteiger partial charge in [0, 0.05) is 17.2 Å². The number of nitrogens with two attached hydrogens (primary N) is 1. The molecule has 1 atom stereocenters. The lowest BCUT2D eigenvalue weighted by Gasteiger charge is -2.33. The molecule has 3 aliphatic rings. The van der Waals surface area contributed by atoms with Crippen LogP contribution in [0.1, 0.15) is 48.1 Å². The van der Waals surface area contributed by atoms with Crippen LogP contribution in [0, 0.1) is 0 Å². The summed E-state index contributed by atoms with van der Waals surface area (Å²) in [6.45, 7) is 4.70. The lowest BCUT2D eigenvalue weighted by Crippen LogP contribution is -2.47. The highest BCUT2D eigenvalue weighted by Crippen LogP contribution is 2.51. The van der Waals surface area contributed by atoms with Gasteiger partial charge in [0.1, 0.15) is 17.0 Å². The quantitative estimate of drug-likeness (QED) is 0.685. The summed E-state index contributed by atoms with van der Waals surface area (Å²) in [4.78, 5) is 24.8. The van der Waals surface area contributed by atoms with Crippen molar-refractivity contribution in [1.82, 2.24) is 4.98 Å². The van der Waals surface area contributed by atoms with E-state index in [-0.39, 0.29) is 31.7 Å². The summed E-state index contributed by atoms with van der Waals surface area (Å²) in [5, 5.41) is 0. The van der Waals surface area contributed by atoms with Crippen molar-refractivity contribution in [1.29, 1.82) is 0 Å². The number of carbonyl (C=O) groups excluding carboxylic acids is 1. The van der Waals surface area contributed by atoms with Crippen LogP contribution in [-0.4, -0.2) is 30.1 Å². The molecule has 0 saturated heterocycles. The van der Waals surface area contributed by atoms with Crippen LogP contribution in [0.25, 0.3) is 0 Å². The van der Waals surface area contributed by atoms with E-state index in [0.717, 1.165) is 16.8 Å². The van der Waals surface area contributed by atoms with E-state index >= 15 is 0 Å². The molecule has 2 N–H and O–H groups in total. The third kappa shape index (κ3) is 2.46. The van der Waals surface area contributed by atoms with Gasteiger partial charge >= 0.3 is 0 Å². The van der Waals surface area contributed by atoms with Crippen molar-refractivity contribution in [2.24, 2.45) is 10.7 Å². The molecule has 4 heterocycles. The van der Waals surface area contributed by atoms with Gasteiger partial charge in [-0.15, -0.1) is 0 Å². The average Bonchev–Trinajstić information content (AvgIpc) is 3.50. The molecule has 0 saturated carbocycles. The highest BCUT2D eigenvalue weighted by Gasteiger charge is 2.55. The number of benzene rings is 2. The fraction of sp³-hybridized carbons (Fsp3) is 0.292. The minimum Gasteiger partial charge on any atom is -0.454 e. The molecule has 2 aromatic carbocycles. The van der Waals surface area contributed by atoms with E-state index < -0.39 is 5.41 Å². The molecule has 0 bridgehead atoms. The number of oxazole rings is 1.